The van der Waals surface area contributed by atoms with E-state index >= 15 is 0 Å². The number of hydrogen-bond donors (Lipinski definition) is 1. The summed E-state index contributed by atoms with van der Waals surface area (Å²) in [4.78, 5) is 12.5. The number of nitrogens with two attached hydrogens (primary N) is 1. The summed E-state index contributed by atoms with van der Waals surface area (Å²) in [7, 11) is 0. The molecule has 3 nitrogen and oxygen atoms in total. The van der Waals surface area contributed by atoms with Crippen molar-refractivity contribution < 1.29 is 9.53 Å². The van der Waals surface area contributed by atoms with E-state index in [-0.39, 0.29) is 17.5 Å². The van der Waals surface area contributed by atoms with Gasteiger partial charge >= 0.3 is 5.97 Å². The van der Waals surface area contributed by atoms with Crippen LogP contribution >= 0.6 is 0 Å². The third kappa shape index (κ3) is 2.54. The molecule has 0 saturated heterocycles. The van der Waals surface area contributed by atoms with Crippen LogP contribution in [0.25, 0.3) is 0 Å². The van der Waals surface area contributed by atoms with E-state index in [1.54, 1.807) is 0 Å². The molecule has 1 aromatic carbocycles. The summed E-state index contributed by atoms with van der Waals surface area (Å²) in [5.41, 5.74) is 7.13. The minimum atomic E-state index is -0.381. The SMILES string of the molecule is CC1CCCC(OC(=O)C2(c3ccc(N)cc3)CC2)C1. The maximum atomic E-state index is 12.5. The van der Waals surface area contributed by atoms with E-state index in [0.717, 1.165) is 36.9 Å². The molecule has 2 unspecified atom stereocenters. The van der Waals surface area contributed by atoms with Crippen molar-refractivity contribution in [3.05, 3.63) is 29.8 Å². The van der Waals surface area contributed by atoms with Gasteiger partial charge in [-0.3, -0.25) is 4.79 Å². The number of ether oxygens (including phenoxy) is 1. The largest absolute Gasteiger partial charge is 0.462 e. The molecule has 3 heteroatoms. The van der Waals surface area contributed by atoms with Gasteiger partial charge in [0.1, 0.15) is 6.10 Å². The Kier molecular flexibility index (Phi) is 3.45. The van der Waals surface area contributed by atoms with Crippen LogP contribution in [-0.4, -0.2) is 12.1 Å². The zero-order valence-corrected chi connectivity index (χ0v) is 12.1. The molecule has 0 aromatic heterocycles. The highest BCUT2D eigenvalue weighted by Gasteiger charge is 2.53. The van der Waals surface area contributed by atoms with Crippen molar-refractivity contribution >= 4 is 11.7 Å². The van der Waals surface area contributed by atoms with Gasteiger partial charge in [-0.1, -0.05) is 25.5 Å². The monoisotopic (exact) mass is 273 g/mol. The van der Waals surface area contributed by atoms with Crippen LogP contribution in [0.4, 0.5) is 5.69 Å². The summed E-state index contributed by atoms with van der Waals surface area (Å²) < 4.78 is 5.80. The molecule has 0 radical (unpaired) electrons. The molecule has 2 aliphatic rings. The van der Waals surface area contributed by atoms with Crippen LogP contribution < -0.4 is 5.73 Å². The molecule has 2 saturated carbocycles. The molecule has 0 aliphatic heterocycles. The highest BCUT2D eigenvalue weighted by Crippen LogP contribution is 2.49. The van der Waals surface area contributed by atoms with E-state index in [1.807, 2.05) is 24.3 Å². The molecular weight excluding hydrogens is 250 g/mol. The van der Waals surface area contributed by atoms with Gasteiger partial charge in [0, 0.05) is 5.69 Å². The zero-order valence-electron chi connectivity index (χ0n) is 12.1. The van der Waals surface area contributed by atoms with Crippen LogP contribution in [0, 0.1) is 5.92 Å². The molecule has 0 heterocycles. The van der Waals surface area contributed by atoms with Gasteiger partial charge in [0.15, 0.2) is 0 Å². The van der Waals surface area contributed by atoms with Crippen LogP contribution in [0.5, 0.6) is 0 Å². The first-order chi connectivity index (χ1) is 9.60. The minimum Gasteiger partial charge on any atom is -0.462 e. The zero-order chi connectivity index (χ0) is 14.2. The molecule has 2 aliphatic carbocycles. The second-order valence-corrected chi connectivity index (χ2v) is 6.50. The fourth-order valence-electron chi connectivity index (χ4n) is 3.29. The average molecular weight is 273 g/mol. The molecule has 2 fully saturated rings. The topological polar surface area (TPSA) is 52.3 Å². The number of carbonyl (C=O) groups excluding carboxylic acids is 1. The fourth-order valence-corrected chi connectivity index (χ4v) is 3.29. The van der Waals surface area contributed by atoms with Crippen molar-refractivity contribution in [2.45, 2.75) is 57.0 Å². The fraction of sp³-hybridized carbons (Fsp3) is 0.588. The minimum absolute atomic E-state index is 0.0265. The van der Waals surface area contributed by atoms with Crippen molar-refractivity contribution in [1.29, 1.82) is 0 Å². The van der Waals surface area contributed by atoms with Crippen LogP contribution in [0.2, 0.25) is 0 Å². The first-order valence-corrected chi connectivity index (χ1v) is 7.67. The van der Waals surface area contributed by atoms with Gasteiger partial charge in [-0.05, 0) is 55.7 Å². The third-order valence-electron chi connectivity index (χ3n) is 4.77. The number of carbonyl (C=O) groups is 1. The average Bonchev–Trinajstić information content (AvgIpc) is 3.21. The van der Waals surface area contributed by atoms with Crippen LogP contribution in [0.3, 0.4) is 0 Å². The molecule has 0 bridgehead atoms. The van der Waals surface area contributed by atoms with Gasteiger partial charge in [-0.15, -0.1) is 0 Å². The summed E-state index contributed by atoms with van der Waals surface area (Å²) in [5.74, 6) is 0.648. The Hall–Kier alpha value is -1.51. The van der Waals surface area contributed by atoms with Crippen molar-refractivity contribution in [2.75, 3.05) is 5.73 Å². The molecule has 3 rings (SSSR count). The number of hydrogen-bond acceptors (Lipinski definition) is 3. The summed E-state index contributed by atoms with van der Waals surface area (Å²) >= 11 is 0. The van der Waals surface area contributed by atoms with Gasteiger partial charge in [0.25, 0.3) is 0 Å². The molecule has 0 amide bonds. The normalized spacial score (nSPS) is 27.9. The Balaban J connectivity index is 1.68. The Morgan fingerprint density at radius 1 is 1.25 bits per heavy atom. The summed E-state index contributed by atoms with van der Waals surface area (Å²) in [6, 6.07) is 7.66. The van der Waals surface area contributed by atoms with E-state index in [2.05, 4.69) is 6.92 Å². The Bertz CT molecular complexity index is 490. The summed E-state index contributed by atoms with van der Waals surface area (Å²) in [6.07, 6.45) is 6.40. The van der Waals surface area contributed by atoms with Gasteiger partial charge < -0.3 is 10.5 Å². The molecule has 2 atom stereocenters. The molecule has 1 aromatic rings. The second kappa shape index (κ2) is 5.12. The van der Waals surface area contributed by atoms with E-state index in [4.69, 9.17) is 10.5 Å². The van der Waals surface area contributed by atoms with Gasteiger partial charge in [-0.25, -0.2) is 0 Å². The quantitative estimate of drug-likeness (QED) is 0.678. The number of benzene rings is 1. The van der Waals surface area contributed by atoms with Gasteiger partial charge in [0.2, 0.25) is 0 Å². The predicted molar refractivity (Wildman–Crippen MR) is 79.3 cm³/mol. The number of esters is 1. The predicted octanol–water partition coefficient (Wildman–Crippen LogP) is 3.42. The molecule has 2 N–H and O–H groups in total. The van der Waals surface area contributed by atoms with Crippen molar-refractivity contribution in [3.8, 4) is 0 Å². The lowest BCUT2D eigenvalue weighted by molar-refractivity contribution is -0.154. The first-order valence-electron chi connectivity index (χ1n) is 7.67. The summed E-state index contributed by atoms with van der Waals surface area (Å²) in [6.45, 7) is 2.24. The Labute approximate surface area is 120 Å². The number of rotatable bonds is 3. The molecule has 108 valence electrons. The maximum absolute atomic E-state index is 12.5. The van der Waals surface area contributed by atoms with Crippen molar-refractivity contribution in [1.82, 2.24) is 0 Å². The maximum Gasteiger partial charge on any atom is 0.316 e. The Morgan fingerprint density at radius 3 is 2.55 bits per heavy atom. The van der Waals surface area contributed by atoms with Crippen LogP contribution in [0.1, 0.15) is 51.0 Å². The second-order valence-electron chi connectivity index (χ2n) is 6.50. The summed E-state index contributed by atoms with van der Waals surface area (Å²) in [5, 5.41) is 0. The lowest BCUT2D eigenvalue weighted by Crippen LogP contribution is -2.31. The highest BCUT2D eigenvalue weighted by molar-refractivity contribution is 5.86. The van der Waals surface area contributed by atoms with E-state index < -0.39 is 0 Å². The molecule has 20 heavy (non-hydrogen) atoms. The highest BCUT2D eigenvalue weighted by atomic mass is 16.5. The lowest BCUT2D eigenvalue weighted by Gasteiger charge is -2.28. The third-order valence-corrected chi connectivity index (χ3v) is 4.77. The molecule has 0 spiro atoms. The van der Waals surface area contributed by atoms with E-state index in [1.165, 1.54) is 12.8 Å². The van der Waals surface area contributed by atoms with E-state index in [0.29, 0.717) is 5.92 Å². The van der Waals surface area contributed by atoms with E-state index in [9.17, 15) is 4.79 Å². The van der Waals surface area contributed by atoms with Crippen LogP contribution in [0.15, 0.2) is 24.3 Å². The smallest absolute Gasteiger partial charge is 0.316 e. The van der Waals surface area contributed by atoms with Gasteiger partial charge in [-0.2, -0.15) is 0 Å². The van der Waals surface area contributed by atoms with Crippen LogP contribution in [-0.2, 0) is 14.9 Å². The van der Waals surface area contributed by atoms with Gasteiger partial charge in [0.05, 0.1) is 5.41 Å². The number of nitrogen functional groups attached to an aromatic ring is 1. The Morgan fingerprint density at radius 2 is 1.95 bits per heavy atom. The number of anilines is 1. The molecular formula is C17H23NO2. The standard InChI is InChI=1S/C17H23NO2/c1-12-3-2-4-15(11-12)20-16(19)17(9-10-17)13-5-7-14(18)8-6-13/h5-8,12,15H,2-4,9-11,18H2,1H3. The van der Waals surface area contributed by atoms with Crippen molar-refractivity contribution in [3.63, 3.8) is 0 Å². The van der Waals surface area contributed by atoms with Crippen molar-refractivity contribution in [2.24, 2.45) is 5.92 Å². The first kappa shape index (κ1) is 13.5. The lowest BCUT2D eigenvalue weighted by atomic mass is 9.88.